The van der Waals surface area contributed by atoms with Gasteiger partial charge in [-0.05, 0) is 13.8 Å². The zero-order chi connectivity index (χ0) is 19.4. The third-order valence-electron chi connectivity index (χ3n) is 3.79. The first-order valence-electron chi connectivity index (χ1n) is 7.44. The molecule has 0 spiro atoms. The second kappa shape index (κ2) is 8.87. The van der Waals surface area contributed by atoms with E-state index in [4.69, 9.17) is 9.84 Å². The molecule has 144 valence electrons. The summed E-state index contributed by atoms with van der Waals surface area (Å²) in [6, 6.07) is -2.63. The highest BCUT2D eigenvalue weighted by atomic mass is 32.2. The molecule has 1 aliphatic heterocycles. The molecule has 2 amide bonds. The number of carbonyl (C=O) groups is 2. The van der Waals surface area contributed by atoms with Crippen molar-refractivity contribution >= 4 is 23.8 Å². The number of nitroso groups, excluding NO2 is 1. The van der Waals surface area contributed by atoms with Crippen LogP contribution >= 0.6 is 11.9 Å². The van der Waals surface area contributed by atoms with Crippen molar-refractivity contribution in [2.45, 2.75) is 62.2 Å². The number of carbonyl (C=O) groups excluding carboxylic acids is 2. The number of aliphatic hydroxyl groups excluding tert-OH is 4. The Morgan fingerprint density at radius 2 is 1.88 bits per heavy atom. The maximum Gasteiger partial charge on any atom is 0.244 e. The number of rotatable bonds is 7. The summed E-state index contributed by atoms with van der Waals surface area (Å²) in [6.07, 6.45) is -6.08. The topological polar surface area (TPSA) is 178 Å². The fourth-order valence-electron chi connectivity index (χ4n) is 2.41. The minimum absolute atomic E-state index is 0.535. The summed E-state index contributed by atoms with van der Waals surface area (Å²) in [5.41, 5.74) is 0. The second-order valence-corrected chi connectivity index (χ2v) is 7.55. The van der Waals surface area contributed by atoms with E-state index in [1.807, 2.05) is 0 Å². The predicted molar refractivity (Wildman–Crippen MR) is 87.0 cm³/mol. The smallest absolute Gasteiger partial charge is 0.244 e. The molecule has 0 bridgehead atoms. The lowest BCUT2D eigenvalue weighted by Gasteiger charge is -2.41. The van der Waals surface area contributed by atoms with Crippen LogP contribution in [0, 0.1) is 4.91 Å². The number of aliphatic hydroxyl groups is 4. The standard InChI is InChI=1S/C13H23N3O8S/c1-5(18)14-10(13(2,3)25-16-23)11(21)15-7-9(20)8(19)6(4-17)24-12(7)22/h6-10,12,17,19-20,22H,4H2,1-3H3,(H,14,18)(H,15,21)/t6-,7-,8-,9-,10-,12?/m1/s1. The quantitative estimate of drug-likeness (QED) is 0.207. The van der Waals surface area contributed by atoms with Crippen LogP contribution in [-0.2, 0) is 14.3 Å². The molecule has 0 aromatic heterocycles. The number of nitrogens with zero attached hydrogens (tertiary/aromatic N) is 1. The van der Waals surface area contributed by atoms with Crippen LogP contribution in [0.15, 0.2) is 4.58 Å². The summed E-state index contributed by atoms with van der Waals surface area (Å²) in [5.74, 6) is -1.36. The summed E-state index contributed by atoms with van der Waals surface area (Å²) in [5, 5.41) is 43.5. The molecular weight excluding hydrogens is 358 g/mol. The molecule has 6 N–H and O–H groups in total. The van der Waals surface area contributed by atoms with Crippen LogP contribution in [0.4, 0.5) is 0 Å². The summed E-state index contributed by atoms with van der Waals surface area (Å²) in [7, 11) is 0. The largest absolute Gasteiger partial charge is 0.394 e. The molecule has 25 heavy (non-hydrogen) atoms. The monoisotopic (exact) mass is 381 g/mol. The average Bonchev–Trinajstić information content (AvgIpc) is 2.52. The molecule has 12 heteroatoms. The minimum atomic E-state index is -1.70. The maximum atomic E-state index is 12.5. The van der Waals surface area contributed by atoms with E-state index in [1.165, 1.54) is 20.8 Å². The Kier molecular flexibility index (Phi) is 7.71. The Morgan fingerprint density at radius 3 is 2.36 bits per heavy atom. The van der Waals surface area contributed by atoms with E-state index in [9.17, 15) is 29.8 Å². The molecule has 0 saturated carbocycles. The molecule has 1 saturated heterocycles. The van der Waals surface area contributed by atoms with Crippen molar-refractivity contribution in [3.05, 3.63) is 4.91 Å². The van der Waals surface area contributed by atoms with E-state index in [1.54, 1.807) is 0 Å². The first kappa shape index (κ1) is 21.7. The number of nitrogens with one attached hydrogen (secondary N) is 2. The van der Waals surface area contributed by atoms with Crippen molar-refractivity contribution in [2.24, 2.45) is 4.58 Å². The van der Waals surface area contributed by atoms with Crippen LogP contribution in [0.2, 0.25) is 0 Å². The van der Waals surface area contributed by atoms with Crippen molar-refractivity contribution in [1.29, 1.82) is 0 Å². The fraction of sp³-hybridized carbons (Fsp3) is 0.846. The van der Waals surface area contributed by atoms with Gasteiger partial charge in [0.05, 0.1) is 11.4 Å². The molecule has 1 rings (SSSR count). The van der Waals surface area contributed by atoms with Crippen LogP contribution in [0.3, 0.4) is 0 Å². The SMILES string of the molecule is CC(=O)N[C@H](C(=O)N[C@H]1C(O)O[C@H](CO)[C@@H](O)[C@@H]1O)C(C)(C)SN=O. The number of hydrogen-bond donors (Lipinski definition) is 6. The minimum Gasteiger partial charge on any atom is -0.394 e. The molecule has 0 aliphatic carbocycles. The van der Waals surface area contributed by atoms with Gasteiger partial charge in [-0.2, -0.15) is 0 Å². The van der Waals surface area contributed by atoms with E-state index in [2.05, 4.69) is 15.2 Å². The van der Waals surface area contributed by atoms with Gasteiger partial charge in [0.1, 0.15) is 30.4 Å². The van der Waals surface area contributed by atoms with Crippen LogP contribution in [0.1, 0.15) is 20.8 Å². The lowest BCUT2D eigenvalue weighted by Crippen LogP contribution is -2.67. The Labute approximate surface area is 148 Å². The van der Waals surface area contributed by atoms with Crippen molar-refractivity contribution in [2.75, 3.05) is 6.61 Å². The lowest BCUT2D eigenvalue weighted by molar-refractivity contribution is -0.254. The first-order valence-corrected chi connectivity index (χ1v) is 8.21. The van der Waals surface area contributed by atoms with Gasteiger partial charge < -0.3 is 35.8 Å². The van der Waals surface area contributed by atoms with Gasteiger partial charge >= 0.3 is 0 Å². The molecule has 0 aromatic carbocycles. The number of amides is 2. The Bertz CT molecular complexity index is 506. The van der Waals surface area contributed by atoms with E-state index < -0.39 is 59.9 Å². The average molecular weight is 381 g/mol. The van der Waals surface area contributed by atoms with Gasteiger partial charge in [0.25, 0.3) is 0 Å². The third-order valence-corrected chi connectivity index (χ3v) is 4.57. The van der Waals surface area contributed by atoms with E-state index in [0.717, 1.165) is 0 Å². The van der Waals surface area contributed by atoms with Crippen molar-refractivity contribution in [1.82, 2.24) is 10.6 Å². The van der Waals surface area contributed by atoms with E-state index in [-0.39, 0.29) is 0 Å². The van der Waals surface area contributed by atoms with Gasteiger partial charge in [0.15, 0.2) is 6.29 Å². The summed E-state index contributed by atoms with van der Waals surface area (Å²) in [6.45, 7) is 3.54. The summed E-state index contributed by atoms with van der Waals surface area (Å²) >= 11 is 0.535. The van der Waals surface area contributed by atoms with Crippen LogP contribution in [0.25, 0.3) is 0 Å². The van der Waals surface area contributed by atoms with Gasteiger partial charge in [-0.3, -0.25) is 9.59 Å². The molecular formula is C13H23N3O8S. The molecule has 6 atom stereocenters. The predicted octanol–water partition coefficient (Wildman–Crippen LogP) is -2.40. The molecule has 11 nitrogen and oxygen atoms in total. The van der Waals surface area contributed by atoms with Gasteiger partial charge in [0.2, 0.25) is 11.8 Å². The third kappa shape index (κ3) is 5.33. The van der Waals surface area contributed by atoms with E-state index in [0.29, 0.717) is 11.9 Å². The Hall–Kier alpha value is -1.31. The van der Waals surface area contributed by atoms with Crippen LogP contribution in [-0.4, -0.2) is 80.3 Å². The van der Waals surface area contributed by atoms with Gasteiger partial charge in [-0.15, -0.1) is 4.91 Å². The molecule has 0 radical (unpaired) electrons. The highest BCUT2D eigenvalue weighted by Crippen LogP contribution is 2.29. The normalized spacial score (nSPS) is 31.1. The summed E-state index contributed by atoms with van der Waals surface area (Å²) in [4.78, 5) is 34.4. The molecule has 1 aliphatic rings. The van der Waals surface area contributed by atoms with Crippen LogP contribution in [0.5, 0.6) is 0 Å². The van der Waals surface area contributed by atoms with Crippen LogP contribution < -0.4 is 10.6 Å². The maximum absolute atomic E-state index is 12.5. The Balaban J connectivity index is 2.95. The molecule has 0 aromatic rings. The molecule has 1 unspecified atom stereocenters. The lowest BCUT2D eigenvalue weighted by atomic mass is 9.95. The second-order valence-electron chi connectivity index (χ2n) is 6.17. The number of ether oxygens (including phenoxy) is 1. The van der Waals surface area contributed by atoms with E-state index >= 15 is 0 Å². The first-order chi connectivity index (χ1) is 11.5. The highest BCUT2D eigenvalue weighted by Gasteiger charge is 2.46. The Morgan fingerprint density at radius 1 is 1.28 bits per heavy atom. The van der Waals surface area contributed by atoms with Crippen molar-refractivity contribution < 1.29 is 34.8 Å². The molecule has 1 fully saturated rings. The number of hydrogen-bond acceptors (Lipinski definition) is 10. The van der Waals surface area contributed by atoms with Gasteiger partial charge in [-0.1, -0.05) is 0 Å². The van der Waals surface area contributed by atoms with Crippen molar-refractivity contribution in [3.63, 3.8) is 0 Å². The zero-order valence-electron chi connectivity index (χ0n) is 13.9. The van der Waals surface area contributed by atoms with Crippen molar-refractivity contribution in [3.8, 4) is 0 Å². The molecule has 1 heterocycles. The highest BCUT2D eigenvalue weighted by molar-refractivity contribution is 7.99. The fourth-order valence-corrected chi connectivity index (χ4v) is 2.87. The zero-order valence-corrected chi connectivity index (χ0v) is 14.8. The van der Waals surface area contributed by atoms with Gasteiger partial charge in [-0.25, -0.2) is 0 Å². The van der Waals surface area contributed by atoms with Gasteiger partial charge in [0, 0.05) is 23.5 Å². The summed E-state index contributed by atoms with van der Waals surface area (Å²) < 4.78 is 6.49.